The summed E-state index contributed by atoms with van der Waals surface area (Å²) < 4.78 is 0. The predicted molar refractivity (Wildman–Crippen MR) is 51.0 cm³/mol. The van der Waals surface area contributed by atoms with E-state index in [1.54, 1.807) is 11.1 Å². The molecule has 0 unspecified atom stereocenters. The van der Waals surface area contributed by atoms with E-state index in [1.165, 1.54) is 38.8 Å². The Bertz CT molecular complexity index is 178. The van der Waals surface area contributed by atoms with Crippen molar-refractivity contribution in [1.29, 1.82) is 0 Å². The average Bonchev–Trinajstić information content (AvgIpc) is 2.47. The Morgan fingerprint density at radius 1 is 1.08 bits per heavy atom. The molecule has 0 spiro atoms. The molecule has 68 valence electrons. The largest absolute Gasteiger partial charge is 0.329 e. The number of hydrogen-bond acceptors (Lipinski definition) is 2. The van der Waals surface area contributed by atoms with Crippen LogP contribution >= 0.6 is 0 Å². The summed E-state index contributed by atoms with van der Waals surface area (Å²) in [5.74, 6) is 0. The third kappa shape index (κ3) is 1.54. The maximum atomic E-state index is 5.54. The van der Waals surface area contributed by atoms with E-state index in [1.807, 2.05) is 0 Å². The average molecular weight is 166 g/mol. The molecule has 2 rings (SSSR count). The van der Waals surface area contributed by atoms with Crippen LogP contribution in [0, 0.1) is 0 Å². The first-order chi connectivity index (χ1) is 5.90. The highest BCUT2D eigenvalue weighted by Crippen LogP contribution is 2.30. The van der Waals surface area contributed by atoms with Gasteiger partial charge in [-0.2, -0.15) is 0 Å². The van der Waals surface area contributed by atoms with E-state index in [2.05, 4.69) is 4.90 Å². The molecule has 0 radical (unpaired) electrons. The van der Waals surface area contributed by atoms with Crippen LogP contribution in [0.2, 0.25) is 0 Å². The van der Waals surface area contributed by atoms with Gasteiger partial charge in [0.15, 0.2) is 0 Å². The van der Waals surface area contributed by atoms with Crippen LogP contribution in [0.4, 0.5) is 0 Å². The maximum Gasteiger partial charge on any atom is 0.0199 e. The zero-order chi connectivity index (χ0) is 8.39. The minimum absolute atomic E-state index is 0.806. The van der Waals surface area contributed by atoms with Gasteiger partial charge in [0, 0.05) is 26.2 Å². The molecule has 1 heterocycles. The van der Waals surface area contributed by atoms with Crippen LogP contribution in [-0.2, 0) is 0 Å². The lowest BCUT2D eigenvalue weighted by atomic mass is 9.94. The van der Waals surface area contributed by atoms with Gasteiger partial charge in [0.05, 0.1) is 0 Å². The van der Waals surface area contributed by atoms with Gasteiger partial charge in [-0.15, -0.1) is 0 Å². The number of rotatable bonds is 2. The van der Waals surface area contributed by atoms with Crippen molar-refractivity contribution in [3.05, 3.63) is 11.1 Å². The Hall–Kier alpha value is -0.340. The Balaban J connectivity index is 1.93. The fraction of sp³-hybridized carbons (Fsp3) is 0.800. The van der Waals surface area contributed by atoms with Crippen LogP contribution in [0.3, 0.4) is 0 Å². The quantitative estimate of drug-likeness (QED) is 0.623. The lowest BCUT2D eigenvalue weighted by Gasteiger charge is -2.13. The van der Waals surface area contributed by atoms with Crippen LogP contribution in [-0.4, -0.2) is 31.1 Å². The topological polar surface area (TPSA) is 29.3 Å². The van der Waals surface area contributed by atoms with Crippen molar-refractivity contribution in [3.8, 4) is 0 Å². The third-order valence-corrected chi connectivity index (χ3v) is 2.98. The summed E-state index contributed by atoms with van der Waals surface area (Å²) in [5, 5.41) is 0. The van der Waals surface area contributed by atoms with E-state index >= 15 is 0 Å². The molecule has 0 aromatic heterocycles. The van der Waals surface area contributed by atoms with Gasteiger partial charge in [0.25, 0.3) is 0 Å². The summed E-state index contributed by atoms with van der Waals surface area (Å²) in [7, 11) is 0. The van der Waals surface area contributed by atoms with Crippen molar-refractivity contribution < 1.29 is 0 Å². The molecule has 0 bridgehead atoms. The van der Waals surface area contributed by atoms with Crippen LogP contribution in [0.25, 0.3) is 0 Å². The molecular formula is C10H18N2. The van der Waals surface area contributed by atoms with Crippen molar-refractivity contribution in [2.75, 3.05) is 26.2 Å². The molecule has 2 N–H and O–H groups in total. The Kier molecular flexibility index (Phi) is 2.47. The first-order valence-electron chi connectivity index (χ1n) is 5.02. The highest BCUT2D eigenvalue weighted by atomic mass is 15.1. The van der Waals surface area contributed by atoms with Gasteiger partial charge in [-0.3, -0.25) is 4.90 Å². The molecule has 0 fully saturated rings. The molecule has 0 atom stereocenters. The van der Waals surface area contributed by atoms with Crippen molar-refractivity contribution in [1.82, 2.24) is 4.90 Å². The van der Waals surface area contributed by atoms with Crippen molar-refractivity contribution in [2.24, 2.45) is 5.73 Å². The minimum Gasteiger partial charge on any atom is -0.329 e. The van der Waals surface area contributed by atoms with Gasteiger partial charge in [-0.05, 0) is 25.7 Å². The summed E-state index contributed by atoms with van der Waals surface area (Å²) >= 11 is 0. The summed E-state index contributed by atoms with van der Waals surface area (Å²) in [5.41, 5.74) is 9.00. The van der Waals surface area contributed by atoms with Crippen LogP contribution in [0.15, 0.2) is 11.1 Å². The van der Waals surface area contributed by atoms with Gasteiger partial charge in [-0.1, -0.05) is 11.1 Å². The number of nitrogens with zero attached hydrogens (tertiary/aromatic N) is 1. The molecule has 2 nitrogen and oxygen atoms in total. The van der Waals surface area contributed by atoms with Crippen LogP contribution in [0.5, 0.6) is 0 Å². The normalized spacial score (nSPS) is 24.8. The number of hydrogen-bond donors (Lipinski definition) is 1. The molecule has 0 saturated heterocycles. The zero-order valence-electron chi connectivity index (χ0n) is 7.68. The van der Waals surface area contributed by atoms with E-state index in [0.717, 1.165) is 13.1 Å². The highest BCUT2D eigenvalue weighted by Gasteiger charge is 2.22. The maximum absolute atomic E-state index is 5.54. The fourth-order valence-electron chi connectivity index (χ4n) is 2.35. The van der Waals surface area contributed by atoms with Crippen molar-refractivity contribution >= 4 is 0 Å². The second-order valence-corrected chi connectivity index (χ2v) is 3.91. The van der Waals surface area contributed by atoms with Crippen LogP contribution < -0.4 is 5.73 Å². The molecule has 0 aromatic rings. The lowest BCUT2D eigenvalue weighted by molar-refractivity contribution is 0.353. The number of nitrogens with two attached hydrogens (primary N) is 1. The monoisotopic (exact) mass is 166 g/mol. The van der Waals surface area contributed by atoms with Gasteiger partial charge in [0.1, 0.15) is 0 Å². The van der Waals surface area contributed by atoms with Gasteiger partial charge < -0.3 is 5.73 Å². The first kappa shape index (κ1) is 8.27. The first-order valence-corrected chi connectivity index (χ1v) is 5.02. The Morgan fingerprint density at radius 2 is 1.67 bits per heavy atom. The highest BCUT2D eigenvalue weighted by molar-refractivity contribution is 5.24. The molecule has 1 aliphatic heterocycles. The molecule has 2 heteroatoms. The SMILES string of the molecule is NCCN1CC2=C(CCCC2)C1. The molecule has 2 aliphatic rings. The summed E-state index contributed by atoms with van der Waals surface area (Å²) in [6.45, 7) is 4.31. The standard InChI is InChI=1S/C10H18N2/c11-5-6-12-7-9-3-1-2-4-10(9)8-12/h1-8,11H2. The summed E-state index contributed by atoms with van der Waals surface area (Å²) in [6.07, 6.45) is 5.54. The Morgan fingerprint density at radius 3 is 2.17 bits per heavy atom. The molecular weight excluding hydrogens is 148 g/mol. The van der Waals surface area contributed by atoms with Gasteiger partial charge in [-0.25, -0.2) is 0 Å². The Labute approximate surface area is 74.4 Å². The molecule has 12 heavy (non-hydrogen) atoms. The van der Waals surface area contributed by atoms with E-state index in [4.69, 9.17) is 5.73 Å². The lowest BCUT2D eigenvalue weighted by Crippen LogP contribution is -2.27. The molecule has 0 aromatic carbocycles. The van der Waals surface area contributed by atoms with Crippen molar-refractivity contribution in [2.45, 2.75) is 25.7 Å². The smallest absolute Gasteiger partial charge is 0.0199 e. The third-order valence-electron chi connectivity index (χ3n) is 2.98. The minimum atomic E-state index is 0.806. The summed E-state index contributed by atoms with van der Waals surface area (Å²) in [4.78, 5) is 2.48. The van der Waals surface area contributed by atoms with Crippen LogP contribution in [0.1, 0.15) is 25.7 Å². The van der Waals surface area contributed by atoms with Crippen molar-refractivity contribution in [3.63, 3.8) is 0 Å². The van der Waals surface area contributed by atoms with E-state index in [9.17, 15) is 0 Å². The van der Waals surface area contributed by atoms with Gasteiger partial charge in [0.2, 0.25) is 0 Å². The van der Waals surface area contributed by atoms with E-state index in [-0.39, 0.29) is 0 Å². The van der Waals surface area contributed by atoms with Gasteiger partial charge >= 0.3 is 0 Å². The second-order valence-electron chi connectivity index (χ2n) is 3.91. The van der Waals surface area contributed by atoms with E-state index < -0.39 is 0 Å². The predicted octanol–water partition coefficient (Wildman–Crippen LogP) is 1.13. The zero-order valence-corrected chi connectivity index (χ0v) is 7.68. The fourth-order valence-corrected chi connectivity index (χ4v) is 2.35. The molecule has 0 saturated carbocycles. The molecule has 1 aliphatic carbocycles. The summed E-state index contributed by atoms with van der Waals surface area (Å²) in [6, 6.07) is 0. The molecule has 0 amide bonds. The second kappa shape index (κ2) is 3.58. The van der Waals surface area contributed by atoms with E-state index in [0.29, 0.717) is 0 Å².